The molecule has 5 nitrogen and oxygen atoms in total. The molecule has 3 aromatic rings. The standard InChI is InChI=1S/C24H23N3O2/c1-3-4-17-7-10-21(24(28)29)23-22(17)12-25-27(23)15(2)16-5-8-20(9-6-16)26-13-18-11-19(18)14-26/h5-10,12,15,18-19H,11,13-14H2,1-2H3,(H,28,29)/t15-,18?,19?/m1/s1. The maximum atomic E-state index is 11.8. The van der Waals surface area contributed by atoms with Gasteiger partial charge in [-0.1, -0.05) is 18.1 Å². The number of piperidine rings is 1. The van der Waals surface area contributed by atoms with E-state index in [2.05, 4.69) is 53.0 Å². The second-order valence-electron chi connectivity index (χ2n) is 8.12. The van der Waals surface area contributed by atoms with Crippen LogP contribution in [0.25, 0.3) is 10.9 Å². The molecule has 1 aliphatic carbocycles. The Morgan fingerprint density at radius 2 is 1.90 bits per heavy atom. The van der Waals surface area contributed by atoms with Crippen LogP contribution < -0.4 is 4.90 Å². The predicted octanol–water partition coefficient (Wildman–Crippen LogP) is 4.17. The Labute approximate surface area is 169 Å². The molecule has 2 aliphatic rings. The second-order valence-corrected chi connectivity index (χ2v) is 8.12. The maximum absolute atomic E-state index is 11.8. The Hall–Kier alpha value is -3.26. The smallest absolute Gasteiger partial charge is 0.337 e. The van der Waals surface area contributed by atoms with Crippen molar-refractivity contribution in [2.24, 2.45) is 11.8 Å². The Balaban J connectivity index is 1.51. The number of carboxylic acid groups (broad SMARTS) is 1. The van der Waals surface area contributed by atoms with Crippen LogP contribution >= 0.6 is 0 Å². The van der Waals surface area contributed by atoms with Crippen LogP contribution in [-0.4, -0.2) is 33.9 Å². The zero-order valence-electron chi connectivity index (χ0n) is 16.6. The lowest BCUT2D eigenvalue weighted by Gasteiger charge is -2.21. The van der Waals surface area contributed by atoms with Crippen LogP contribution in [0.4, 0.5) is 5.69 Å². The summed E-state index contributed by atoms with van der Waals surface area (Å²) in [7, 11) is 0. The van der Waals surface area contributed by atoms with Gasteiger partial charge in [0, 0.05) is 29.7 Å². The first-order valence-corrected chi connectivity index (χ1v) is 10.1. The van der Waals surface area contributed by atoms with E-state index in [0.717, 1.165) is 28.3 Å². The van der Waals surface area contributed by atoms with E-state index >= 15 is 0 Å². The first-order chi connectivity index (χ1) is 14.1. The summed E-state index contributed by atoms with van der Waals surface area (Å²) in [4.78, 5) is 14.3. The maximum Gasteiger partial charge on any atom is 0.337 e. The van der Waals surface area contributed by atoms with Crippen molar-refractivity contribution >= 4 is 22.6 Å². The second kappa shape index (κ2) is 6.66. The van der Waals surface area contributed by atoms with E-state index in [1.807, 2.05) is 0 Å². The lowest BCUT2D eigenvalue weighted by atomic mass is 10.0. The van der Waals surface area contributed by atoms with E-state index in [4.69, 9.17) is 0 Å². The van der Waals surface area contributed by atoms with Gasteiger partial charge in [-0.05, 0) is 61.9 Å². The summed E-state index contributed by atoms with van der Waals surface area (Å²) in [5.74, 6) is 6.80. The zero-order valence-corrected chi connectivity index (χ0v) is 16.6. The highest BCUT2D eigenvalue weighted by molar-refractivity contribution is 6.03. The monoisotopic (exact) mass is 385 g/mol. The topological polar surface area (TPSA) is 58.4 Å². The molecular weight excluding hydrogens is 362 g/mol. The van der Waals surface area contributed by atoms with E-state index in [-0.39, 0.29) is 11.6 Å². The van der Waals surface area contributed by atoms with Crippen molar-refractivity contribution in [3.05, 3.63) is 59.3 Å². The highest BCUT2D eigenvalue weighted by atomic mass is 16.4. The summed E-state index contributed by atoms with van der Waals surface area (Å²) in [6.45, 7) is 6.17. The fourth-order valence-corrected chi connectivity index (χ4v) is 4.59. The van der Waals surface area contributed by atoms with Crippen LogP contribution in [0.2, 0.25) is 0 Å². The fourth-order valence-electron chi connectivity index (χ4n) is 4.59. The number of hydrogen-bond donors (Lipinski definition) is 1. The number of carboxylic acids is 1. The molecule has 2 fully saturated rings. The number of anilines is 1. The molecule has 146 valence electrons. The van der Waals surface area contributed by atoms with Gasteiger partial charge in [0.15, 0.2) is 0 Å². The summed E-state index contributed by atoms with van der Waals surface area (Å²) >= 11 is 0. The van der Waals surface area contributed by atoms with Crippen molar-refractivity contribution in [3.63, 3.8) is 0 Å². The SMILES string of the molecule is CC#Cc1ccc(C(=O)O)c2c1cnn2[C@H](C)c1ccc(N2CC3CC3C2)cc1. The minimum absolute atomic E-state index is 0.0866. The lowest BCUT2D eigenvalue weighted by molar-refractivity contribution is 0.0698. The van der Waals surface area contributed by atoms with Gasteiger partial charge in [0.2, 0.25) is 0 Å². The Kier molecular flexibility index (Phi) is 4.09. The van der Waals surface area contributed by atoms with Crippen LogP contribution in [0.5, 0.6) is 0 Å². The molecule has 1 saturated carbocycles. The van der Waals surface area contributed by atoms with E-state index in [1.165, 1.54) is 25.2 Å². The zero-order chi connectivity index (χ0) is 20.1. The quantitative estimate of drug-likeness (QED) is 0.685. The van der Waals surface area contributed by atoms with Crippen molar-refractivity contribution < 1.29 is 9.90 Å². The minimum Gasteiger partial charge on any atom is -0.478 e. The molecule has 1 saturated heterocycles. The molecule has 5 rings (SSSR count). The molecule has 1 aliphatic heterocycles. The van der Waals surface area contributed by atoms with Gasteiger partial charge in [-0.3, -0.25) is 4.68 Å². The van der Waals surface area contributed by atoms with Crippen molar-refractivity contribution in [1.29, 1.82) is 0 Å². The van der Waals surface area contributed by atoms with Crippen LogP contribution in [-0.2, 0) is 0 Å². The number of carbonyl (C=O) groups is 1. The summed E-state index contributed by atoms with van der Waals surface area (Å²) in [6, 6.07) is 11.9. The summed E-state index contributed by atoms with van der Waals surface area (Å²) in [5.41, 5.74) is 4.04. The fraction of sp³-hybridized carbons (Fsp3) is 0.333. The molecular formula is C24H23N3O2. The summed E-state index contributed by atoms with van der Waals surface area (Å²) in [5, 5.41) is 15.0. The average Bonchev–Trinajstić information content (AvgIpc) is 3.13. The number of aromatic nitrogens is 2. The third kappa shape index (κ3) is 2.96. The number of fused-ring (bicyclic) bond motifs is 2. The molecule has 3 atom stereocenters. The number of rotatable bonds is 4. The Morgan fingerprint density at radius 3 is 2.55 bits per heavy atom. The molecule has 5 heteroatoms. The molecule has 29 heavy (non-hydrogen) atoms. The largest absolute Gasteiger partial charge is 0.478 e. The predicted molar refractivity (Wildman–Crippen MR) is 113 cm³/mol. The van der Waals surface area contributed by atoms with Crippen molar-refractivity contribution in [2.45, 2.75) is 26.3 Å². The number of aromatic carboxylic acids is 1. The average molecular weight is 385 g/mol. The first kappa shape index (κ1) is 17.8. The number of hydrogen-bond acceptors (Lipinski definition) is 3. The lowest BCUT2D eigenvalue weighted by Crippen LogP contribution is -2.21. The molecule has 2 unspecified atom stereocenters. The molecule has 0 spiro atoms. The van der Waals surface area contributed by atoms with Gasteiger partial charge in [0.1, 0.15) is 0 Å². The number of nitrogens with zero attached hydrogens (tertiary/aromatic N) is 3. The molecule has 0 amide bonds. The number of benzene rings is 2. The van der Waals surface area contributed by atoms with Gasteiger partial charge in [0.05, 0.1) is 23.3 Å². The molecule has 1 N–H and O–H groups in total. The molecule has 2 aromatic carbocycles. The van der Waals surface area contributed by atoms with Gasteiger partial charge in [-0.25, -0.2) is 4.79 Å². The van der Waals surface area contributed by atoms with Crippen molar-refractivity contribution in [2.75, 3.05) is 18.0 Å². The van der Waals surface area contributed by atoms with Gasteiger partial charge in [0.25, 0.3) is 0 Å². The van der Waals surface area contributed by atoms with Crippen LogP contribution in [0.15, 0.2) is 42.6 Å². The highest BCUT2D eigenvalue weighted by Gasteiger charge is 2.45. The summed E-state index contributed by atoms with van der Waals surface area (Å²) < 4.78 is 1.81. The summed E-state index contributed by atoms with van der Waals surface area (Å²) in [6.07, 6.45) is 3.12. The van der Waals surface area contributed by atoms with Gasteiger partial charge in [-0.15, -0.1) is 5.92 Å². The Bertz CT molecular complexity index is 1160. The van der Waals surface area contributed by atoms with Gasteiger partial charge < -0.3 is 10.0 Å². The van der Waals surface area contributed by atoms with Crippen LogP contribution in [0, 0.1) is 23.7 Å². The van der Waals surface area contributed by atoms with Crippen molar-refractivity contribution in [3.8, 4) is 11.8 Å². The highest BCUT2D eigenvalue weighted by Crippen LogP contribution is 2.46. The van der Waals surface area contributed by atoms with Crippen LogP contribution in [0.3, 0.4) is 0 Å². The van der Waals surface area contributed by atoms with E-state index < -0.39 is 5.97 Å². The first-order valence-electron chi connectivity index (χ1n) is 10.1. The van der Waals surface area contributed by atoms with Crippen LogP contribution in [0.1, 0.15) is 47.8 Å². The molecule has 2 heterocycles. The van der Waals surface area contributed by atoms with Crippen molar-refractivity contribution in [1.82, 2.24) is 9.78 Å². The molecule has 1 aromatic heterocycles. The molecule has 0 radical (unpaired) electrons. The molecule has 0 bridgehead atoms. The minimum atomic E-state index is -0.956. The third-order valence-electron chi connectivity index (χ3n) is 6.33. The van der Waals surface area contributed by atoms with Gasteiger partial charge in [-0.2, -0.15) is 5.10 Å². The Morgan fingerprint density at radius 1 is 1.17 bits per heavy atom. The normalized spacial score (nSPS) is 20.8. The van der Waals surface area contributed by atoms with E-state index in [0.29, 0.717) is 5.52 Å². The van der Waals surface area contributed by atoms with E-state index in [1.54, 1.807) is 29.9 Å². The van der Waals surface area contributed by atoms with E-state index in [9.17, 15) is 9.90 Å². The third-order valence-corrected chi connectivity index (χ3v) is 6.33. The van der Waals surface area contributed by atoms with Gasteiger partial charge >= 0.3 is 5.97 Å².